The molecule has 0 saturated carbocycles. The van der Waals surface area contributed by atoms with Crippen molar-refractivity contribution in [1.82, 2.24) is 0 Å². The van der Waals surface area contributed by atoms with Crippen molar-refractivity contribution in [3.63, 3.8) is 0 Å². The van der Waals surface area contributed by atoms with Crippen molar-refractivity contribution in [2.24, 2.45) is 11.8 Å². The van der Waals surface area contributed by atoms with Gasteiger partial charge in [-0.25, -0.2) is 0 Å². The Morgan fingerprint density at radius 2 is 1.38 bits per heavy atom. The van der Waals surface area contributed by atoms with Gasteiger partial charge >= 0.3 is 0 Å². The molecule has 0 aromatic heterocycles. The van der Waals surface area contributed by atoms with Gasteiger partial charge in [-0.05, 0) is 47.9 Å². The minimum Gasteiger partial charge on any atom is -0.298 e. The molecule has 1 nitrogen and oxygen atoms in total. The third-order valence-electron chi connectivity index (χ3n) is 2.50. The summed E-state index contributed by atoms with van der Waals surface area (Å²) in [4.78, 5) is 10.9. The average molecular weight is 218 g/mol. The Morgan fingerprint density at radius 3 is 1.69 bits per heavy atom. The molecular weight excluding hydrogens is 196 g/mol. The van der Waals surface area contributed by atoms with E-state index >= 15 is 0 Å². The second kappa shape index (κ2) is 5.83. The summed E-state index contributed by atoms with van der Waals surface area (Å²) >= 11 is 0. The van der Waals surface area contributed by atoms with E-state index < -0.39 is 0 Å². The van der Waals surface area contributed by atoms with Crippen molar-refractivity contribution in [2.75, 3.05) is 0 Å². The number of aldehydes is 1. The molecular formula is C15H22O. The highest BCUT2D eigenvalue weighted by molar-refractivity contribution is 5.75. The first-order chi connectivity index (χ1) is 7.51. The van der Waals surface area contributed by atoms with Crippen LogP contribution >= 0.6 is 0 Å². The molecule has 0 bridgehead atoms. The van der Waals surface area contributed by atoms with E-state index in [0.717, 1.165) is 24.7 Å². The molecule has 0 aliphatic heterocycles. The zero-order valence-corrected chi connectivity index (χ0v) is 10.8. The Bertz CT molecular complexity index is 322. The molecule has 1 rings (SSSR count). The van der Waals surface area contributed by atoms with Gasteiger partial charge in [-0.1, -0.05) is 33.8 Å². The molecule has 1 aromatic rings. The molecule has 0 N–H and O–H groups in total. The first kappa shape index (κ1) is 13.0. The fraction of sp³-hybridized carbons (Fsp3) is 0.533. The van der Waals surface area contributed by atoms with Crippen LogP contribution in [-0.4, -0.2) is 6.29 Å². The monoisotopic (exact) mass is 218 g/mol. The predicted molar refractivity (Wildman–Crippen MR) is 68.9 cm³/mol. The van der Waals surface area contributed by atoms with Gasteiger partial charge in [-0.3, -0.25) is 4.79 Å². The number of rotatable bonds is 5. The van der Waals surface area contributed by atoms with Crippen LogP contribution in [0.5, 0.6) is 0 Å². The van der Waals surface area contributed by atoms with E-state index in [4.69, 9.17) is 0 Å². The minimum absolute atomic E-state index is 0.633. The largest absolute Gasteiger partial charge is 0.298 e. The van der Waals surface area contributed by atoms with Crippen LogP contribution in [0.3, 0.4) is 0 Å². The molecule has 0 aliphatic rings. The molecule has 0 heterocycles. The van der Waals surface area contributed by atoms with E-state index in [1.807, 2.05) is 12.1 Å². The van der Waals surface area contributed by atoms with Crippen LogP contribution in [-0.2, 0) is 12.8 Å². The quantitative estimate of drug-likeness (QED) is 0.685. The Labute approximate surface area is 98.9 Å². The van der Waals surface area contributed by atoms with Crippen LogP contribution in [0.15, 0.2) is 18.2 Å². The maximum Gasteiger partial charge on any atom is 0.150 e. The molecule has 0 fully saturated rings. The summed E-state index contributed by atoms with van der Waals surface area (Å²) in [7, 11) is 0. The standard InChI is InChI=1S/C15H22O/c1-11(2)5-13-7-14(6-12(3)4)9-15(8-13)10-16/h7-12H,5-6H2,1-4H3. The molecule has 1 heteroatoms. The van der Waals surface area contributed by atoms with E-state index in [2.05, 4.69) is 33.8 Å². The zero-order valence-electron chi connectivity index (χ0n) is 10.8. The van der Waals surface area contributed by atoms with Gasteiger partial charge in [0.15, 0.2) is 0 Å². The topological polar surface area (TPSA) is 17.1 Å². The van der Waals surface area contributed by atoms with Crippen molar-refractivity contribution in [3.05, 3.63) is 34.9 Å². The highest BCUT2D eigenvalue weighted by Gasteiger charge is 2.04. The SMILES string of the molecule is CC(C)Cc1cc(C=O)cc(CC(C)C)c1. The van der Waals surface area contributed by atoms with Crippen molar-refractivity contribution >= 4 is 6.29 Å². The molecule has 0 atom stereocenters. The Balaban J connectivity index is 2.95. The summed E-state index contributed by atoms with van der Waals surface area (Å²) in [6.07, 6.45) is 3.05. The van der Waals surface area contributed by atoms with Gasteiger partial charge in [0.25, 0.3) is 0 Å². The maximum atomic E-state index is 10.9. The summed E-state index contributed by atoms with van der Waals surface area (Å²) < 4.78 is 0. The lowest BCUT2D eigenvalue weighted by Gasteiger charge is -2.10. The van der Waals surface area contributed by atoms with Gasteiger partial charge < -0.3 is 0 Å². The van der Waals surface area contributed by atoms with E-state index in [-0.39, 0.29) is 0 Å². The highest BCUT2D eigenvalue weighted by Crippen LogP contribution is 2.16. The van der Waals surface area contributed by atoms with Crippen LogP contribution < -0.4 is 0 Å². The van der Waals surface area contributed by atoms with Gasteiger partial charge in [0.1, 0.15) is 6.29 Å². The van der Waals surface area contributed by atoms with Crippen LogP contribution in [0.25, 0.3) is 0 Å². The van der Waals surface area contributed by atoms with E-state index in [0.29, 0.717) is 11.8 Å². The van der Waals surface area contributed by atoms with Crippen LogP contribution in [0, 0.1) is 11.8 Å². The van der Waals surface area contributed by atoms with Crippen molar-refractivity contribution < 1.29 is 4.79 Å². The maximum absolute atomic E-state index is 10.9. The van der Waals surface area contributed by atoms with Crippen LogP contribution in [0.1, 0.15) is 49.2 Å². The number of hydrogen-bond donors (Lipinski definition) is 0. The van der Waals surface area contributed by atoms with Gasteiger partial charge in [0.05, 0.1) is 0 Å². The Morgan fingerprint density at radius 1 is 0.938 bits per heavy atom. The summed E-state index contributed by atoms with van der Waals surface area (Å²) in [5.41, 5.74) is 3.39. The summed E-state index contributed by atoms with van der Waals surface area (Å²) in [6, 6.07) is 6.26. The molecule has 0 spiro atoms. The lowest BCUT2D eigenvalue weighted by atomic mass is 9.95. The van der Waals surface area contributed by atoms with Crippen molar-refractivity contribution in [2.45, 2.75) is 40.5 Å². The van der Waals surface area contributed by atoms with Crippen LogP contribution in [0.4, 0.5) is 0 Å². The summed E-state index contributed by atoms with van der Waals surface area (Å²) in [5.74, 6) is 1.27. The van der Waals surface area contributed by atoms with E-state index in [1.54, 1.807) is 0 Å². The molecule has 16 heavy (non-hydrogen) atoms. The number of hydrogen-bond acceptors (Lipinski definition) is 1. The normalized spacial score (nSPS) is 11.1. The molecule has 0 aliphatic carbocycles. The molecule has 0 amide bonds. The Kier molecular flexibility index (Phi) is 4.72. The molecule has 0 unspecified atom stereocenters. The zero-order chi connectivity index (χ0) is 12.1. The fourth-order valence-electron chi connectivity index (χ4n) is 2.04. The van der Waals surface area contributed by atoms with Crippen molar-refractivity contribution in [3.8, 4) is 0 Å². The van der Waals surface area contributed by atoms with E-state index in [1.165, 1.54) is 11.1 Å². The smallest absolute Gasteiger partial charge is 0.150 e. The second-order valence-electron chi connectivity index (χ2n) is 5.40. The minimum atomic E-state index is 0.633. The summed E-state index contributed by atoms with van der Waals surface area (Å²) in [5, 5.41) is 0. The molecule has 1 aromatic carbocycles. The number of benzene rings is 1. The van der Waals surface area contributed by atoms with Gasteiger partial charge in [-0.2, -0.15) is 0 Å². The number of carbonyl (C=O) groups is 1. The predicted octanol–water partition coefficient (Wildman–Crippen LogP) is 3.90. The number of carbonyl (C=O) groups excluding carboxylic acids is 1. The van der Waals surface area contributed by atoms with E-state index in [9.17, 15) is 4.79 Å². The molecule has 0 saturated heterocycles. The first-order valence-electron chi connectivity index (χ1n) is 6.09. The van der Waals surface area contributed by atoms with Gasteiger partial charge in [0, 0.05) is 5.56 Å². The van der Waals surface area contributed by atoms with Crippen LogP contribution in [0.2, 0.25) is 0 Å². The third-order valence-corrected chi connectivity index (χ3v) is 2.50. The second-order valence-corrected chi connectivity index (χ2v) is 5.40. The summed E-state index contributed by atoms with van der Waals surface area (Å²) in [6.45, 7) is 8.82. The molecule has 0 radical (unpaired) electrons. The van der Waals surface area contributed by atoms with Gasteiger partial charge in [0.2, 0.25) is 0 Å². The first-order valence-corrected chi connectivity index (χ1v) is 6.09. The Hall–Kier alpha value is -1.11. The third kappa shape index (κ3) is 4.18. The lowest BCUT2D eigenvalue weighted by Crippen LogP contribution is -2.00. The van der Waals surface area contributed by atoms with Crippen molar-refractivity contribution in [1.29, 1.82) is 0 Å². The lowest BCUT2D eigenvalue weighted by molar-refractivity contribution is 0.112. The highest BCUT2D eigenvalue weighted by atomic mass is 16.1. The van der Waals surface area contributed by atoms with Gasteiger partial charge in [-0.15, -0.1) is 0 Å². The molecule has 88 valence electrons. The fourth-order valence-corrected chi connectivity index (χ4v) is 2.04. The average Bonchev–Trinajstić information content (AvgIpc) is 2.14.